The second-order valence-electron chi connectivity index (χ2n) is 5.94. The lowest BCUT2D eigenvalue weighted by atomic mass is 9.89. The molecule has 0 heterocycles. The van der Waals surface area contributed by atoms with Gasteiger partial charge in [-0.1, -0.05) is 53.0 Å². The van der Waals surface area contributed by atoms with E-state index < -0.39 is 0 Å². The lowest BCUT2D eigenvalue weighted by Gasteiger charge is -2.21. The average Bonchev–Trinajstić information content (AvgIpc) is 2.23. The normalized spacial score (nSPS) is 13.3. The quantitative estimate of drug-likeness (QED) is 0.497. The molecule has 0 rings (SSSR count). The molecule has 1 N–H and O–H groups in total. The fraction of sp³-hybridized carbons (Fsp3) is 0.562. The SMILES string of the molecule is C=C/C=N\C(=C)C(=C)NC(C)CCCC(C)(C)C. The van der Waals surface area contributed by atoms with Crippen LogP contribution in [0.4, 0.5) is 0 Å². The van der Waals surface area contributed by atoms with E-state index in [0.29, 0.717) is 17.2 Å². The average molecular weight is 248 g/mol. The fourth-order valence-corrected chi connectivity index (χ4v) is 1.61. The Morgan fingerprint density at radius 3 is 2.44 bits per heavy atom. The molecule has 18 heavy (non-hydrogen) atoms. The maximum absolute atomic E-state index is 4.12. The standard InChI is InChI=1S/C16H28N2/c1-8-12-17-14(3)15(4)18-13(2)10-9-11-16(5,6)7/h8,12-13,18H,1,3-4,9-11H2,2,5-7H3/b17-12-. The van der Waals surface area contributed by atoms with E-state index in [0.717, 1.165) is 12.1 Å². The summed E-state index contributed by atoms with van der Waals surface area (Å²) in [6.45, 7) is 20.4. The highest BCUT2D eigenvalue weighted by molar-refractivity contribution is 5.71. The molecule has 0 aromatic rings. The topological polar surface area (TPSA) is 24.4 Å². The summed E-state index contributed by atoms with van der Waals surface area (Å²) in [6.07, 6.45) is 6.84. The minimum absolute atomic E-state index is 0.399. The van der Waals surface area contributed by atoms with Crippen molar-refractivity contribution in [2.75, 3.05) is 0 Å². The highest BCUT2D eigenvalue weighted by Gasteiger charge is 2.11. The maximum Gasteiger partial charge on any atom is 0.0783 e. The van der Waals surface area contributed by atoms with E-state index in [9.17, 15) is 0 Å². The van der Waals surface area contributed by atoms with Gasteiger partial charge in [0.25, 0.3) is 0 Å². The van der Waals surface area contributed by atoms with Crippen molar-refractivity contribution in [1.29, 1.82) is 0 Å². The largest absolute Gasteiger partial charge is 0.381 e. The Morgan fingerprint density at radius 1 is 1.33 bits per heavy atom. The number of nitrogens with zero attached hydrogens (tertiary/aromatic N) is 1. The molecule has 102 valence electrons. The highest BCUT2D eigenvalue weighted by atomic mass is 15.0. The van der Waals surface area contributed by atoms with Gasteiger partial charge in [-0.3, -0.25) is 4.99 Å². The van der Waals surface area contributed by atoms with Gasteiger partial charge in [0.15, 0.2) is 0 Å². The van der Waals surface area contributed by atoms with E-state index in [1.54, 1.807) is 12.3 Å². The summed E-state index contributed by atoms with van der Waals surface area (Å²) in [6, 6.07) is 0.399. The maximum atomic E-state index is 4.12. The molecule has 0 radical (unpaired) electrons. The summed E-state index contributed by atoms with van der Waals surface area (Å²) >= 11 is 0. The van der Waals surface area contributed by atoms with Crippen molar-refractivity contribution in [3.8, 4) is 0 Å². The molecule has 0 aliphatic rings. The monoisotopic (exact) mass is 248 g/mol. The zero-order valence-corrected chi connectivity index (χ0v) is 12.4. The molecule has 1 atom stereocenters. The second-order valence-corrected chi connectivity index (χ2v) is 5.94. The molecule has 0 aromatic carbocycles. The Kier molecular flexibility index (Phi) is 7.33. The van der Waals surface area contributed by atoms with Crippen LogP contribution < -0.4 is 5.32 Å². The molecule has 2 heteroatoms. The van der Waals surface area contributed by atoms with Crippen molar-refractivity contribution in [3.63, 3.8) is 0 Å². The van der Waals surface area contributed by atoms with E-state index in [-0.39, 0.29) is 0 Å². The third-order valence-corrected chi connectivity index (χ3v) is 2.67. The summed E-state index contributed by atoms with van der Waals surface area (Å²) < 4.78 is 0. The molecule has 0 spiro atoms. The van der Waals surface area contributed by atoms with Gasteiger partial charge in [-0.05, 0) is 25.2 Å². The molecule has 2 nitrogen and oxygen atoms in total. The van der Waals surface area contributed by atoms with Crippen molar-refractivity contribution in [1.82, 2.24) is 5.32 Å². The van der Waals surface area contributed by atoms with Crippen molar-refractivity contribution in [2.24, 2.45) is 10.4 Å². The Hall–Kier alpha value is -1.31. The van der Waals surface area contributed by atoms with Crippen LogP contribution in [0.15, 0.2) is 42.2 Å². The third kappa shape index (κ3) is 8.80. The van der Waals surface area contributed by atoms with Gasteiger partial charge >= 0.3 is 0 Å². The lowest BCUT2D eigenvalue weighted by molar-refractivity contribution is 0.350. The zero-order valence-electron chi connectivity index (χ0n) is 12.4. The van der Waals surface area contributed by atoms with Crippen LogP contribution >= 0.6 is 0 Å². The molecule has 0 amide bonds. The highest BCUT2D eigenvalue weighted by Crippen LogP contribution is 2.22. The Balaban J connectivity index is 3.97. The van der Waals surface area contributed by atoms with Crippen LogP contribution in [0.3, 0.4) is 0 Å². The fourth-order valence-electron chi connectivity index (χ4n) is 1.61. The first kappa shape index (κ1) is 16.7. The van der Waals surface area contributed by atoms with Gasteiger partial charge in [-0.15, -0.1) is 0 Å². The minimum atomic E-state index is 0.399. The number of hydrogen-bond donors (Lipinski definition) is 1. The van der Waals surface area contributed by atoms with Crippen molar-refractivity contribution in [2.45, 2.75) is 53.0 Å². The van der Waals surface area contributed by atoms with Gasteiger partial charge in [-0.25, -0.2) is 0 Å². The first-order chi connectivity index (χ1) is 8.26. The van der Waals surface area contributed by atoms with Crippen LogP contribution in [0.5, 0.6) is 0 Å². The van der Waals surface area contributed by atoms with Crippen LogP contribution in [0.1, 0.15) is 47.0 Å². The Morgan fingerprint density at radius 2 is 1.94 bits per heavy atom. The van der Waals surface area contributed by atoms with Gasteiger partial charge in [0.05, 0.1) is 11.4 Å². The molecule has 0 saturated heterocycles. The molecule has 1 unspecified atom stereocenters. The Labute approximate surface area is 113 Å². The van der Waals surface area contributed by atoms with Crippen LogP contribution in [0, 0.1) is 5.41 Å². The van der Waals surface area contributed by atoms with Gasteiger partial charge in [0.1, 0.15) is 0 Å². The number of aliphatic imine (C=N–C) groups is 1. The molecular formula is C16H28N2. The van der Waals surface area contributed by atoms with E-state index in [4.69, 9.17) is 0 Å². The first-order valence-corrected chi connectivity index (χ1v) is 6.56. The number of rotatable bonds is 8. The van der Waals surface area contributed by atoms with Crippen molar-refractivity contribution in [3.05, 3.63) is 37.2 Å². The summed E-state index contributed by atoms with van der Waals surface area (Å²) in [5, 5.41) is 3.33. The van der Waals surface area contributed by atoms with E-state index in [1.807, 2.05) is 0 Å². The summed E-state index contributed by atoms with van der Waals surface area (Å²) in [4.78, 5) is 4.12. The van der Waals surface area contributed by atoms with Crippen LogP contribution in [0.2, 0.25) is 0 Å². The second kappa shape index (κ2) is 7.91. The molecule has 0 aliphatic heterocycles. The van der Waals surface area contributed by atoms with Gasteiger partial charge in [0.2, 0.25) is 0 Å². The molecule has 0 saturated carbocycles. The first-order valence-electron chi connectivity index (χ1n) is 6.56. The van der Waals surface area contributed by atoms with E-state index in [1.165, 1.54) is 12.8 Å². The smallest absolute Gasteiger partial charge is 0.0783 e. The predicted octanol–water partition coefficient (Wildman–Crippen LogP) is 4.47. The van der Waals surface area contributed by atoms with Crippen molar-refractivity contribution >= 4 is 6.21 Å². The van der Waals surface area contributed by atoms with Crippen LogP contribution in [-0.2, 0) is 0 Å². The van der Waals surface area contributed by atoms with E-state index >= 15 is 0 Å². The molecule has 0 aliphatic carbocycles. The Bertz CT molecular complexity index is 318. The summed E-state index contributed by atoms with van der Waals surface area (Å²) in [5.74, 6) is 0. The molecule has 0 fully saturated rings. The van der Waals surface area contributed by atoms with Crippen LogP contribution in [0.25, 0.3) is 0 Å². The minimum Gasteiger partial charge on any atom is -0.381 e. The number of nitrogens with one attached hydrogen (secondary N) is 1. The number of allylic oxidation sites excluding steroid dienone is 1. The summed E-state index contributed by atoms with van der Waals surface area (Å²) in [7, 11) is 0. The van der Waals surface area contributed by atoms with Gasteiger partial charge in [-0.2, -0.15) is 0 Å². The van der Waals surface area contributed by atoms with Gasteiger partial charge in [0, 0.05) is 12.3 Å². The van der Waals surface area contributed by atoms with Gasteiger partial charge < -0.3 is 5.32 Å². The molecule has 0 bridgehead atoms. The predicted molar refractivity (Wildman–Crippen MR) is 82.9 cm³/mol. The van der Waals surface area contributed by atoms with Crippen LogP contribution in [-0.4, -0.2) is 12.3 Å². The molecule has 0 aromatic heterocycles. The summed E-state index contributed by atoms with van der Waals surface area (Å²) in [5.41, 5.74) is 1.86. The third-order valence-electron chi connectivity index (χ3n) is 2.67. The molecular weight excluding hydrogens is 220 g/mol. The lowest BCUT2D eigenvalue weighted by Crippen LogP contribution is -2.25. The van der Waals surface area contributed by atoms with Crippen molar-refractivity contribution < 1.29 is 0 Å². The van der Waals surface area contributed by atoms with E-state index in [2.05, 4.69) is 57.7 Å². The number of hydrogen-bond acceptors (Lipinski definition) is 2. The zero-order chi connectivity index (χ0) is 14.2.